The molecule has 1 aliphatic heterocycles. The summed E-state index contributed by atoms with van der Waals surface area (Å²) in [6, 6.07) is 12.1. The zero-order chi connectivity index (χ0) is 13.1. The predicted molar refractivity (Wildman–Crippen MR) is 80.2 cm³/mol. The van der Waals surface area contributed by atoms with Crippen LogP contribution in [0.2, 0.25) is 0 Å². The van der Waals surface area contributed by atoms with Gasteiger partial charge in [0.25, 0.3) is 0 Å². The molecule has 0 aromatic heterocycles. The summed E-state index contributed by atoms with van der Waals surface area (Å²) in [5.74, 6) is 0.919. The maximum absolute atomic E-state index is 3.77. The molecule has 2 atom stereocenters. The summed E-state index contributed by atoms with van der Waals surface area (Å²) in [6.07, 6.45) is 7.21. The van der Waals surface area contributed by atoms with Crippen molar-refractivity contribution in [3.05, 3.63) is 35.9 Å². The molecule has 2 heteroatoms. The summed E-state index contributed by atoms with van der Waals surface area (Å²) < 4.78 is 0. The van der Waals surface area contributed by atoms with E-state index in [2.05, 4.69) is 47.6 Å². The van der Waals surface area contributed by atoms with Crippen LogP contribution in [0, 0.1) is 5.92 Å². The first-order valence-corrected chi connectivity index (χ1v) is 7.83. The van der Waals surface area contributed by atoms with Crippen LogP contribution in [-0.2, 0) is 0 Å². The van der Waals surface area contributed by atoms with Gasteiger partial charge >= 0.3 is 0 Å². The molecule has 1 aliphatic carbocycles. The van der Waals surface area contributed by atoms with Gasteiger partial charge in [0.1, 0.15) is 0 Å². The van der Waals surface area contributed by atoms with Crippen LogP contribution in [0.3, 0.4) is 0 Å². The van der Waals surface area contributed by atoms with Crippen LogP contribution in [0.25, 0.3) is 0 Å². The summed E-state index contributed by atoms with van der Waals surface area (Å²) in [5.41, 5.74) is 1.43. The third-order valence-corrected chi connectivity index (χ3v) is 5.01. The number of nitrogens with zero attached hydrogens (tertiary/aromatic N) is 1. The molecule has 1 aromatic rings. The third kappa shape index (κ3) is 3.01. The predicted octanol–water partition coefficient (Wildman–Crippen LogP) is 3.21. The Hall–Kier alpha value is -0.860. The van der Waals surface area contributed by atoms with Crippen molar-refractivity contribution in [2.45, 2.75) is 44.2 Å². The van der Waals surface area contributed by atoms with Gasteiger partial charge in [0, 0.05) is 25.2 Å². The lowest BCUT2D eigenvalue weighted by Crippen LogP contribution is -2.54. The van der Waals surface area contributed by atoms with Gasteiger partial charge in [-0.15, -0.1) is 0 Å². The van der Waals surface area contributed by atoms with Crippen molar-refractivity contribution in [2.24, 2.45) is 5.92 Å². The fraction of sp³-hybridized carbons (Fsp3) is 0.647. The van der Waals surface area contributed by atoms with Gasteiger partial charge in [-0.25, -0.2) is 0 Å². The second-order valence-electron chi connectivity index (χ2n) is 6.28. The number of benzene rings is 1. The van der Waals surface area contributed by atoms with Crippen molar-refractivity contribution in [1.82, 2.24) is 10.2 Å². The number of piperazine rings is 1. The number of hydrogen-bond acceptors (Lipinski definition) is 2. The third-order valence-electron chi connectivity index (χ3n) is 5.01. The zero-order valence-corrected chi connectivity index (χ0v) is 12.0. The summed E-state index contributed by atoms with van der Waals surface area (Å²) in [7, 11) is 2.32. The van der Waals surface area contributed by atoms with E-state index in [0.29, 0.717) is 6.04 Å². The van der Waals surface area contributed by atoms with Crippen LogP contribution in [0.1, 0.15) is 43.7 Å². The highest BCUT2D eigenvalue weighted by Crippen LogP contribution is 2.31. The molecule has 2 unspecified atom stereocenters. The van der Waals surface area contributed by atoms with E-state index in [1.165, 1.54) is 37.7 Å². The quantitative estimate of drug-likeness (QED) is 0.876. The lowest BCUT2D eigenvalue weighted by molar-refractivity contribution is 0.0957. The molecule has 3 rings (SSSR count). The van der Waals surface area contributed by atoms with Gasteiger partial charge in [0.2, 0.25) is 0 Å². The van der Waals surface area contributed by atoms with Gasteiger partial charge in [-0.2, -0.15) is 0 Å². The summed E-state index contributed by atoms with van der Waals surface area (Å²) in [5, 5.41) is 3.77. The first-order chi connectivity index (χ1) is 9.34. The highest BCUT2D eigenvalue weighted by Gasteiger charge is 2.32. The molecule has 19 heavy (non-hydrogen) atoms. The van der Waals surface area contributed by atoms with Gasteiger partial charge in [0.15, 0.2) is 0 Å². The monoisotopic (exact) mass is 258 g/mol. The Balaban J connectivity index is 1.62. The van der Waals surface area contributed by atoms with Crippen LogP contribution in [0.15, 0.2) is 30.3 Å². The van der Waals surface area contributed by atoms with Crippen molar-refractivity contribution >= 4 is 0 Å². The van der Waals surface area contributed by atoms with E-state index < -0.39 is 0 Å². The molecule has 1 saturated heterocycles. The molecule has 1 aromatic carbocycles. The van der Waals surface area contributed by atoms with Crippen LogP contribution in [0.5, 0.6) is 0 Å². The largest absolute Gasteiger partial charge is 0.307 e. The smallest absolute Gasteiger partial charge is 0.0449 e. The highest BCUT2D eigenvalue weighted by molar-refractivity contribution is 5.20. The normalized spacial score (nSPS) is 30.4. The standard InChI is InChI=1S/C17H26N2/c1-19-13-16(14-8-4-2-5-9-14)18-12-17(19)15-10-6-3-7-11-15/h2,4-5,8-9,15-18H,3,6-7,10-13H2,1H3. The van der Waals surface area contributed by atoms with Crippen molar-refractivity contribution in [2.75, 3.05) is 20.1 Å². The molecule has 1 N–H and O–H groups in total. The summed E-state index contributed by atoms with van der Waals surface area (Å²) in [4.78, 5) is 2.60. The second kappa shape index (κ2) is 6.06. The molecule has 0 bridgehead atoms. The van der Waals surface area contributed by atoms with Gasteiger partial charge in [0.05, 0.1) is 0 Å². The Labute approximate surface area is 117 Å². The molecule has 2 fully saturated rings. The van der Waals surface area contributed by atoms with Crippen LogP contribution in [-0.4, -0.2) is 31.1 Å². The maximum atomic E-state index is 3.77. The van der Waals surface area contributed by atoms with Gasteiger partial charge in [-0.05, 0) is 31.4 Å². The molecule has 0 radical (unpaired) electrons. The Morgan fingerprint density at radius 3 is 2.47 bits per heavy atom. The number of hydrogen-bond donors (Lipinski definition) is 1. The first-order valence-electron chi connectivity index (χ1n) is 7.83. The molecule has 1 saturated carbocycles. The topological polar surface area (TPSA) is 15.3 Å². The average Bonchev–Trinajstić information content (AvgIpc) is 2.49. The molecular weight excluding hydrogens is 232 g/mol. The minimum absolute atomic E-state index is 0.506. The minimum atomic E-state index is 0.506. The lowest BCUT2D eigenvalue weighted by Gasteiger charge is -2.43. The Bertz CT molecular complexity index is 384. The fourth-order valence-corrected chi connectivity index (χ4v) is 3.86. The Morgan fingerprint density at radius 2 is 1.79 bits per heavy atom. The van der Waals surface area contributed by atoms with Crippen LogP contribution in [0.4, 0.5) is 0 Å². The van der Waals surface area contributed by atoms with E-state index in [1.54, 1.807) is 0 Å². The van der Waals surface area contributed by atoms with Gasteiger partial charge in [-0.3, -0.25) is 4.90 Å². The van der Waals surface area contributed by atoms with Crippen LogP contribution < -0.4 is 5.32 Å². The Kier molecular flexibility index (Phi) is 4.19. The molecule has 2 nitrogen and oxygen atoms in total. The van der Waals surface area contributed by atoms with Gasteiger partial charge in [-0.1, -0.05) is 49.6 Å². The Morgan fingerprint density at radius 1 is 1.05 bits per heavy atom. The van der Waals surface area contributed by atoms with E-state index in [4.69, 9.17) is 0 Å². The number of rotatable bonds is 2. The zero-order valence-electron chi connectivity index (χ0n) is 12.0. The lowest BCUT2D eigenvalue weighted by atomic mass is 9.82. The maximum Gasteiger partial charge on any atom is 0.0449 e. The molecule has 104 valence electrons. The number of nitrogens with one attached hydrogen (secondary N) is 1. The fourth-order valence-electron chi connectivity index (χ4n) is 3.86. The molecule has 0 amide bonds. The molecular formula is C17H26N2. The summed E-state index contributed by atoms with van der Waals surface area (Å²) >= 11 is 0. The summed E-state index contributed by atoms with van der Waals surface area (Å²) in [6.45, 7) is 2.30. The molecule has 2 aliphatic rings. The number of likely N-dealkylation sites (N-methyl/N-ethyl adjacent to an activating group) is 1. The van der Waals surface area contributed by atoms with E-state index in [1.807, 2.05) is 0 Å². The van der Waals surface area contributed by atoms with Crippen molar-refractivity contribution in [3.8, 4) is 0 Å². The van der Waals surface area contributed by atoms with Gasteiger partial charge < -0.3 is 5.32 Å². The second-order valence-corrected chi connectivity index (χ2v) is 6.28. The van der Waals surface area contributed by atoms with E-state index in [9.17, 15) is 0 Å². The SMILES string of the molecule is CN1CC(c2ccccc2)NCC1C1CCCCC1. The molecule has 0 spiro atoms. The van der Waals surface area contributed by atoms with Crippen molar-refractivity contribution in [1.29, 1.82) is 0 Å². The molecule has 1 heterocycles. The van der Waals surface area contributed by atoms with E-state index in [-0.39, 0.29) is 0 Å². The average molecular weight is 258 g/mol. The minimum Gasteiger partial charge on any atom is -0.307 e. The van der Waals surface area contributed by atoms with Crippen LogP contribution >= 0.6 is 0 Å². The van der Waals surface area contributed by atoms with Crippen molar-refractivity contribution < 1.29 is 0 Å². The van der Waals surface area contributed by atoms with Crippen molar-refractivity contribution in [3.63, 3.8) is 0 Å². The highest BCUT2D eigenvalue weighted by atomic mass is 15.2. The van der Waals surface area contributed by atoms with E-state index >= 15 is 0 Å². The van der Waals surface area contributed by atoms with E-state index in [0.717, 1.165) is 25.0 Å². The first kappa shape index (κ1) is 13.1.